The van der Waals surface area contributed by atoms with E-state index in [1.165, 1.54) is 22.2 Å². The highest BCUT2D eigenvalue weighted by Gasteiger charge is 2.10. The van der Waals surface area contributed by atoms with Gasteiger partial charge in [-0.05, 0) is 39.7 Å². The Hall–Kier alpha value is -1.54. The Morgan fingerprint density at radius 1 is 1.26 bits per heavy atom. The fourth-order valence-electron chi connectivity index (χ4n) is 2.42. The maximum atomic E-state index is 6.00. The van der Waals surface area contributed by atoms with E-state index in [0.717, 1.165) is 12.8 Å². The molecule has 0 atom stereocenters. The average molecular weight is 256 g/mol. The minimum Gasteiger partial charge on any atom is -0.347 e. The Bertz CT molecular complexity index is 597. The highest BCUT2D eigenvalue weighted by Crippen LogP contribution is 2.26. The lowest BCUT2D eigenvalue weighted by Gasteiger charge is -2.16. The van der Waals surface area contributed by atoms with Crippen LogP contribution in [0.4, 0.5) is 0 Å². The van der Waals surface area contributed by atoms with E-state index in [0.29, 0.717) is 0 Å². The van der Waals surface area contributed by atoms with E-state index in [1.807, 2.05) is 0 Å². The molecule has 2 nitrogen and oxygen atoms in total. The van der Waals surface area contributed by atoms with Crippen molar-refractivity contribution >= 4 is 17.0 Å². The van der Waals surface area contributed by atoms with Crippen LogP contribution in [0.25, 0.3) is 17.0 Å². The number of nitrogens with zero attached hydrogens (tertiary/aromatic N) is 1. The normalized spacial score (nSPS) is 12.7. The summed E-state index contributed by atoms with van der Waals surface area (Å²) in [5.74, 6) is 0. The second-order valence-electron chi connectivity index (χ2n) is 6.00. The van der Waals surface area contributed by atoms with E-state index in [1.54, 1.807) is 0 Å². The van der Waals surface area contributed by atoms with Crippen molar-refractivity contribution in [3.63, 3.8) is 0 Å². The third kappa shape index (κ3) is 3.07. The van der Waals surface area contributed by atoms with Gasteiger partial charge in [-0.3, -0.25) is 0 Å². The fourth-order valence-corrected chi connectivity index (χ4v) is 2.42. The molecule has 2 N–H and O–H groups in total. The van der Waals surface area contributed by atoms with E-state index in [4.69, 9.17) is 5.73 Å². The lowest BCUT2D eigenvalue weighted by molar-refractivity contribution is 0.482. The standard InChI is InChI=1S/C17H24N2/c1-13-14(9-7-8-12-17(2,3)18)15-10-5-6-11-16(15)19(13)4/h5-7,9-11H,8,12,18H2,1-4H3/b9-7+. The first-order chi connectivity index (χ1) is 8.90. The van der Waals surface area contributed by atoms with Crippen LogP contribution in [-0.4, -0.2) is 10.1 Å². The minimum absolute atomic E-state index is 0.0852. The first kappa shape index (κ1) is 13.9. The van der Waals surface area contributed by atoms with Crippen molar-refractivity contribution in [2.24, 2.45) is 12.8 Å². The van der Waals surface area contributed by atoms with Crippen LogP contribution in [0.2, 0.25) is 0 Å². The van der Waals surface area contributed by atoms with Crippen molar-refractivity contribution in [3.8, 4) is 0 Å². The molecule has 0 saturated carbocycles. The van der Waals surface area contributed by atoms with Crippen molar-refractivity contribution in [3.05, 3.63) is 41.6 Å². The highest BCUT2D eigenvalue weighted by atomic mass is 14.9. The zero-order valence-electron chi connectivity index (χ0n) is 12.4. The molecule has 1 aromatic heterocycles. The molecule has 2 aromatic rings. The van der Waals surface area contributed by atoms with Gasteiger partial charge in [0.1, 0.15) is 0 Å². The molecule has 2 heteroatoms. The van der Waals surface area contributed by atoms with Crippen molar-refractivity contribution in [1.82, 2.24) is 4.57 Å². The first-order valence-corrected chi connectivity index (χ1v) is 6.89. The quantitative estimate of drug-likeness (QED) is 0.880. The molecule has 0 aliphatic rings. The van der Waals surface area contributed by atoms with Gasteiger partial charge in [0, 0.05) is 34.7 Å². The summed E-state index contributed by atoms with van der Waals surface area (Å²) in [4.78, 5) is 0. The summed E-state index contributed by atoms with van der Waals surface area (Å²) in [5.41, 5.74) is 9.84. The summed E-state index contributed by atoms with van der Waals surface area (Å²) in [6, 6.07) is 8.55. The lowest BCUT2D eigenvalue weighted by atomic mass is 9.99. The van der Waals surface area contributed by atoms with Gasteiger partial charge in [-0.25, -0.2) is 0 Å². The van der Waals surface area contributed by atoms with Crippen LogP contribution in [0.15, 0.2) is 30.3 Å². The Labute approximate surface area is 115 Å². The molecular formula is C17H24N2. The molecule has 0 aliphatic heterocycles. The second-order valence-corrected chi connectivity index (χ2v) is 6.00. The molecule has 0 fully saturated rings. The van der Waals surface area contributed by atoms with E-state index in [-0.39, 0.29) is 5.54 Å². The third-order valence-corrected chi connectivity index (χ3v) is 3.69. The molecule has 2 rings (SSSR count). The Morgan fingerprint density at radius 3 is 2.63 bits per heavy atom. The van der Waals surface area contributed by atoms with Gasteiger partial charge < -0.3 is 10.3 Å². The number of nitrogens with two attached hydrogens (primary N) is 1. The van der Waals surface area contributed by atoms with Gasteiger partial charge in [-0.2, -0.15) is 0 Å². The lowest BCUT2D eigenvalue weighted by Crippen LogP contribution is -2.31. The molecule has 19 heavy (non-hydrogen) atoms. The number of hydrogen-bond donors (Lipinski definition) is 1. The molecule has 0 amide bonds. The van der Waals surface area contributed by atoms with Gasteiger partial charge in [0.25, 0.3) is 0 Å². The largest absolute Gasteiger partial charge is 0.347 e. The highest BCUT2D eigenvalue weighted by molar-refractivity contribution is 5.91. The van der Waals surface area contributed by atoms with Crippen molar-refractivity contribution in [2.75, 3.05) is 0 Å². The summed E-state index contributed by atoms with van der Waals surface area (Å²) in [6.45, 7) is 6.32. The van der Waals surface area contributed by atoms with Crippen LogP contribution >= 0.6 is 0 Å². The van der Waals surface area contributed by atoms with E-state index < -0.39 is 0 Å². The summed E-state index contributed by atoms with van der Waals surface area (Å²) in [5, 5.41) is 1.32. The molecule has 0 spiro atoms. The number of hydrogen-bond acceptors (Lipinski definition) is 1. The van der Waals surface area contributed by atoms with Crippen molar-refractivity contribution < 1.29 is 0 Å². The molecule has 0 aliphatic carbocycles. The Morgan fingerprint density at radius 2 is 1.95 bits per heavy atom. The van der Waals surface area contributed by atoms with Crippen LogP contribution in [0.3, 0.4) is 0 Å². The molecule has 0 radical (unpaired) electrons. The first-order valence-electron chi connectivity index (χ1n) is 6.89. The van der Waals surface area contributed by atoms with Crippen LogP contribution in [-0.2, 0) is 7.05 Å². The number of benzene rings is 1. The van der Waals surface area contributed by atoms with Gasteiger partial charge in [0.2, 0.25) is 0 Å². The molecule has 1 aromatic carbocycles. The SMILES string of the molecule is Cc1c(/C=C/CCC(C)(C)N)c2ccccc2n1C. The van der Waals surface area contributed by atoms with Gasteiger partial charge in [0.05, 0.1) is 0 Å². The maximum absolute atomic E-state index is 6.00. The number of fused-ring (bicyclic) bond motifs is 1. The third-order valence-electron chi connectivity index (χ3n) is 3.69. The van der Waals surface area contributed by atoms with Crippen molar-refractivity contribution in [2.45, 2.75) is 39.2 Å². The number of allylic oxidation sites excluding steroid dienone is 1. The molecule has 0 saturated heterocycles. The van der Waals surface area contributed by atoms with Gasteiger partial charge >= 0.3 is 0 Å². The predicted molar refractivity (Wildman–Crippen MR) is 84.2 cm³/mol. The van der Waals surface area contributed by atoms with Crippen LogP contribution < -0.4 is 5.73 Å². The molecule has 0 bridgehead atoms. The monoisotopic (exact) mass is 256 g/mol. The maximum Gasteiger partial charge on any atom is 0.0486 e. The smallest absolute Gasteiger partial charge is 0.0486 e. The topological polar surface area (TPSA) is 30.9 Å². The summed E-state index contributed by atoms with van der Waals surface area (Å²) in [6.07, 6.45) is 6.51. The minimum atomic E-state index is -0.0852. The van der Waals surface area contributed by atoms with Crippen molar-refractivity contribution in [1.29, 1.82) is 0 Å². The second kappa shape index (κ2) is 5.22. The van der Waals surface area contributed by atoms with Gasteiger partial charge in [-0.15, -0.1) is 0 Å². The molecule has 0 unspecified atom stereocenters. The number of para-hydroxylation sites is 1. The Kier molecular flexibility index (Phi) is 3.81. The summed E-state index contributed by atoms with van der Waals surface area (Å²) in [7, 11) is 2.12. The van der Waals surface area contributed by atoms with Crippen LogP contribution in [0, 0.1) is 6.92 Å². The number of rotatable bonds is 4. The van der Waals surface area contributed by atoms with Gasteiger partial charge in [-0.1, -0.05) is 30.4 Å². The number of aryl methyl sites for hydroxylation is 1. The summed E-state index contributed by atoms with van der Waals surface area (Å²) >= 11 is 0. The van der Waals surface area contributed by atoms with Crippen LogP contribution in [0.5, 0.6) is 0 Å². The van der Waals surface area contributed by atoms with Crippen LogP contribution in [0.1, 0.15) is 37.9 Å². The zero-order valence-corrected chi connectivity index (χ0v) is 12.4. The molecule has 102 valence electrons. The predicted octanol–water partition coefficient (Wildman–Crippen LogP) is 4.02. The zero-order chi connectivity index (χ0) is 14.0. The number of aromatic nitrogens is 1. The Balaban J connectivity index is 2.26. The van der Waals surface area contributed by atoms with E-state index >= 15 is 0 Å². The van der Waals surface area contributed by atoms with Gasteiger partial charge in [0.15, 0.2) is 0 Å². The average Bonchev–Trinajstić information content (AvgIpc) is 2.58. The molecular weight excluding hydrogens is 232 g/mol. The fraction of sp³-hybridized carbons (Fsp3) is 0.412. The summed E-state index contributed by atoms with van der Waals surface area (Å²) < 4.78 is 2.25. The molecule has 1 heterocycles. The van der Waals surface area contributed by atoms with E-state index in [9.17, 15) is 0 Å². The van der Waals surface area contributed by atoms with E-state index in [2.05, 4.69) is 68.8 Å².